The van der Waals surface area contributed by atoms with Crippen molar-refractivity contribution in [1.29, 1.82) is 0 Å². The van der Waals surface area contributed by atoms with Gasteiger partial charge in [0.25, 0.3) is 0 Å². The molecule has 1 saturated carbocycles. The first-order valence-electron chi connectivity index (χ1n) is 7.74. The Morgan fingerprint density at radius 2 is 2.24 bits per heavy atom. The van der Waals surface area contributed by atoms with Crippen LogP contribution in [0.3, 0.4) is 0 Å². The van der Waals surface area contributed by atoms with Gasteiger partial charge in [0.2, 0.25) is 5.91 Å². The Bertz CT molecular complexity index is 666. The van der Waals surface area contributed by atoms with Gasteiger partial charge in [-0.25, -0.2) is 0 Å². The van der Waals surface area contributed by atoms with Gasteiger partial charge in [-0.15, -0.1) is 0 Å². The van der Waals surface area contributed by atoms with Gasteiger partial charge in [-0.05, 0) is 37.3 Å². The number of hydrogen-bond donors (Lipinski definition) is 2. The van der Waals surface area contributed by atoms with Crippen LogP contribution in [-0.2, 0) is 14.9 Å². The molecule has 2 fully saturated rings. The lowest BCUT2D eigenvalue weighted by Gasteiger charge is -2.17. The van der Waals surface area contributed by atoms with Crippen molar-refractivity contribution in [2.45, 2.75) is 37.2 Å². The number of benzene rings is 1. The van der Waals surface area contributed by atoms with E-state index >= 15 is 0 Å². The molecule has 0 spiro atoms. The highest BCUT2D eigenvalue weighted by Gasteiger charge is 2.46. The van der Waals surface area contributed by atoms with Crippen LogP contribution in [0.4, 0.5) is 0 Å². The van der Waals surface area contributed by atoms with Crippen LogP contribution in [0.1, 0.15) is 31.2 Å². The number of rotatable bonds is 4. The molecule has 1 aliphatic carbocycles. The molecule has 1 atom stereocenters. The van der Waals surface area contributed by atoms with Crippen LogP contribution in [0.5, 0.6) is 0 Å². The van der Waals surface area contributed by atoms with E-state index in [4.69, 9.17) is 4.74 Å². The fraction of sp³-hybridized carbons (Fsp3) is 0.471. The Kier molecular flexibility index (Phi) is 3.00. The third-order valence-corrected chi connectivity index (χ3v) is 4.84. The molecule has 1 aromatic carbocycles. The molecule has 0 radical (unpaired) electrons. The molecule has 110 valence electrons. The van der Waals surface area contributed by atoms with Crippen molar-refractivity contribution in [2.24, 2.45) is 0 Å². The number of para-hydroxylation sites is 1. The molecule has 0 bridgehead atoms. The lowest BCUT2D eigenvalue weighted by atomic mass is 9.95. The summed E-state index contributed by atoms with van der Waals surface area (Å²) in [6, 6.07) is 8.37. The van der Waals surface area contributed by atoms with Crippen molar-refractivity contribution >= 4 is 16.8 Å². The summed E-state index contributed by atoms with van der Waals surface area (Å²) in [4.78, 5) is 15.4. The first-order valence-corrected chi connectivity index (χ1v) is 7.74. The topological polar surface area (TPSA) is 54.1 Å². The number of amides is 1. The fourth-order valence-corrected chi connectivity index (χ4v) is 3.36. The number of aromatic nitrogens is 1. The summed E-state index contributed by atoms with van der Waals surface area (Å²) in [6.45, 7) is 1.43. The monoisotopic (exact) mass is 284 g/mol. The maximum absolute atomic E-state index is 12.1. The SMILES string of the molecule is O=C(NCC1(c2c[nH]c3ccccc23)CC1)C1CCCO1. The highest BCUT2D eigenvalue weighted by Crippen LogP contribution is 2.49. The molecule has 1 amide bonds. The van der Waals surface area contributed by atoms with Crippen molar-refractivity contribution in [1.82, 2.24) is 10.3 Å². The van der Waals surface area contributed by atoms with Gasteiger partial charge in [-0.2, -0.15) is 0 Å². The van der Waals surface area contributed by atoms with E-state index in [0.717, 1.165) is 25.7 Å². The molecule has 1 saturated heterocycles. The molecular weight excluding hydrogens is 264 g/mol. The zero-order valence-corrected chi connectivity index (χ0v) is 12.0. The lowest BCUT2D eigenvalue weighted by molar-refractivity contribution is -0.130. The van der Waals surface area contributed by atoms with Gasteiger partial charge in [0, 0.05) is 35.7 Å². The van der Waals surface area contributed by atoms with Gasteiger partial charge >= 0.3 is 0 Å². The minimum atomic E-state index is -0.233. The second-order valence-corrected chi connectivity index (χ2v) is 6.25. The predicted octanol–water partition coefficient (Wildman–Crippen LogP) is 2.49. The minimum Gasteiger partial charge on any atom is -0.368 e. The van der Waals surface area contributed by atoms with Crippen molar-refractivity contribution in [3.63, 3.8) is 0 Å². The van der Waals surface area contributed by atoms with Gasteiger partial charge < -0.3 is 15.0 Å². The number of aromatic amines is 1. The van der Waals surface area contributed by atoms with Crippen LogP contribution < -0.4 is 5.32 Å². The number of H-pyrrole nitrogens is 1. The smallest absolute Gasteiger partial charge is 0.249 e. The third kappa shape index (κ3) is 2.23. The van der Waals surface area contributed by atoms with E-state index in [-0.39, 0.29) is 17.4 Å². The van der Waals surface area contributed by atoms with Gasteiger partial charge in [-0.3, -0.25) is 4.79 Å². The second-order valence-electron chi connectivity index (χ2n) is 6.25. The molecule has 2 N–H and O–H groups in total. The first-order chi connectivity index (χ1) is 10.3. The molecule has 2 aromatic rings. The number of hydrogen-bond acceptors (Lipinski definition) is 2. The highest BCUT2D eigenvalue weighted by molar-refractivity contribution is 5.85. The molecule has 4 rings (SSSR count). The van der Waals surface area contributed by atoms with Crippen molar-refractivity contribution in [3.05, 3.63) is 36.0 Å². The van der Waals surface area contributed by atoms with E-state index < -0.39 is 0 Å². The molecule has 2 aliphatic rings. The van der Waals surface area contributed by atoms with Crippen molar-refractivity contribution in [2.75, 3.05) is 13.2 Å². The van der Waals surface area contributed by atoms with Crippen molar-refractivity contribution < 1.29 is 9.53 Å². The zero-order valence-electron chi connectivity index (χ0n) is 12.0. The molecule has 1 aliphatic heterocycles. The normalized spacial score (nSPS) is 23.3. The molecule has 2 heterocycles. The maximum Gasteiger partial charge on any atom is 0.249 e. The Morgan fingerprint density at radius 1 is 1.38 bits per heavy atom. The molecule has 4 nitrogen and oxygen atoms in total. The number of fused-ring (bicyclic) bond motifs is 1. The van der Waals surface area contributed by atoms with Crippen LogP contribution >= 0.6 is 0 Å². The van der Waals surface area contributed by atoms with E-state index in [1.54, 1.807) is 0 Å². The zero-order chi connectivity index (χ0) is 14.3. The average molecular weight is 284 g/mol. The van der Waals surface area contributed by atoms with Gasteiger partial charge in [-0.1, -0.05) is 18.2 Å². The Hall–Kier alpha value is -1.81. The Morgan fingerprint density at radius 3 is 3.00 bits per heavy atom. The van der Waals surface area contributed by atoms with Crippen molar-refractivity contribution in [3.8, 4) is 0 Å². The van der Waals surface area contributed by atoms with E-state index in [0.29, 0.717) is 13.2 Å². The van der Waals surface area contributed by atoms with Gasteiger partial charge in [0.15, 0.2) is 0 Å². The van der Waals surface area contributed by atoms with Gasteiger partial charge in [0.1, 0.15) is 6.10 Å². The average Bonchev–Trinajstić information content (AvgIpc) is 2.95. The molecule has 21 heavy (non-hydrogen) atoms. The fourth-order valence-electron chi connectivity index (χ4n) is 3.36. The lowest BCUT2D eigenvalue weighted by Crippen LogP contribution is -2.38. The summed E-state index contributed by atoms with van der Waals surface area (Å²) in [6.07, 6.45) is 6.00. The largest absolute Gasteiger partial charge is 0.368 e. The summed E-state index contributed by atoms with van der Waals surface area (Å²) in [7, 11) is 0. The molecular formula is C17H20N2O2. The minimum absolute atomic E-state index is 0.0543. The van der Waals surface area contributed by atoms with Crippen LogP contribution in [0.2, 0.25) is 0 Å². The molecule has 4 heteroatoms. The maximum atomic E-state index is 12.1. The predicted molar refractivity (Wildman–Crippen MR) is 81.2 cm³/mol. The Balaban J connectivity index is 1.50. The quantitative estimate of drug-likeness (QED) is 0.906. The second kappa shape index (κ2) is 4.88. The molecule has 1 unspecified atom stereocenters. The first kappa shape index (κ1) is 12.9. The van der Waals surface area contributed by atoms with Crippen LogP contribution in [0, 0.1) is 0 Å². The van der Waals surface area contributed by atoms with E-state index in [1.807, 2.05) is 6.07 Å². The number of carbonyl (C=O) groups is 1. The van der Waals surface area contributed by atoms with Crippen LogP contribution in [-0.4, -0.2) is 30.1 Å². The summed E-state index contributed by atoms with van der Waals surface area (Å²) in [5, 5.41) is 4.38. The van der Waals surface area contributed by atoms with E-state index in [2.05, 4.69) is 34.7 Å². The number of nitrogens with one attached hydrogen (secondary N) is 2. The number of ether oxygens (including phenoxy) is 1. The summed E-state index contributed by atoms with van der Waals surface area (Å²) in [5.74, 6) is 0.0543. The van der Waals surface area contributed by atoms with E-state index in [1.165, 1.54) is 16.5 Å². The van der Waals surface area contributed by atoms with Gasteiger partial charge in [0.05, 0.1) is 0 Å². The Labute approximate surface area is 123 Å². The van der Waals surface area contributed by atoms with Crippen LogP contribution in [0.25, 0.3) is 10.9 Å². The summed E-state index contributed by atoms with van der Waals surface area (Å²) >= 11 is 0. The van der Waals surface area contributed by atoms with Crippen LogP contribution in [0.15, 0.2) is 30.5 Å². The third-order valence-electron chi connectivity index (χ3n) is 4.84. The highest BCUT2D eigenvalue weighted by atomic mass is 16.5. The number of carbonyl (C=O) groups excluding carboxylic acids is 1. The molecule has 1 aromatic heterocycles. The van der Waals surface area contributed by atoms with E-state index in [9.17, 15) is 4.79 Å². The summed E-state index contributed by atoms with van der Waals surface area (Å²) < 4.78 is 5.44. The standard InChI is InChI=1S/C17H20N2O2/c20-16(15-6-3-9-21-15)19-11-17(7-8-17)13-10-18-14-5-2-1-4-12(13)14/h1-2,4-5,10,15,18H,3,6-9,11H2,(H,19,20). The summed E-state index contributed by atoms with van der Waals surface area (Å²) in [5.41, 5.74) is 2.63.